The molecule has 1 aromatic carbocycles. The zero-order valence-electron chi connectivity index (χ0n) is 17.4. The highest BCUT2D eigenvalue weighted by molar-refractivity contribution is 6.10. The number of rotatable bonds is 6. The summed E-state index contributed by atoms with van der Waals surface area (Å²) < 4.78 is 48.0. The monoisotopic (exact) mass is 438 g/mol. The highest BCUT2D eigenvalue weighted by Gasteiger charge is 2.71. The maximum atomic E-state index is 14.5. The molecule has 9 heteroatoms. The average Bonchev–Trinajstić information content (AvgIpc) is 3.32. The third-order valence-electron chi connectivity index (χ3n) is 5.95. The van der Waals surface area contributed by atoms with Crippen molar-refractivity contribution in [3.05, 3.63) is 47.2 Å². The van der Waals surface area contributed by atoms with Gasteiger partial charge in [-0.15, -0.1) is 0 Å². The Morgan fingerprint density at radius 3 is 2.35 bits per heavy atom. The summed E-state index contributed by atoms with van der Waals surface area (Å²) in [4.78, 5) is 39.3. The lowest BCUT2D eigenvalue weighted by atomic mass is 9.88. The smallest absolute Gasteiger partial charge is 0.425 e. The summed E-state index contributed by atoms with van der Waals surface area (Å²) in [6.45, 7) is 1.30. The molecule has 1 aliphatic heterocycles. The van der Waals surface area contributed by atoms with Gasteiger partial charge in [0.05, 0.1) is 7.11 Å². The van der Waals surface area contributed by atoms with Gasteiger partial charge in [-0.05, 0) is 31.7 Å². The van der Waals surface area contributed by atoms with E-state index in [0.717, 1.165) is 30.4 Å². The van der Waals surface area contributed by atoms with Crippen molar-refractivity contribution in [2.75, 3.05) is 7.11 Å². The number of hydrogen-bond donors (Lipinski definition) is 1. The SMILES string of the molecule is COC(=O)C1=C(C)N(C2CCCC2)C(=O)C1(NC(=O)CCc1ccccc1)C(F)(F)F. The van der Waals surface area contributed by atoms with Crippen LogP contribution < -0.4 is 5.32 Å². The van der Waals surface area contributed by atoms with Crippen molar-refractivity contribution in [3.8, 4) is 0 Å². The lowest BCUT2D eigenvalue weighted by Crippen LogP contribution is -2.66. The van der Waals surface area contributed by atoms with Crippen LogP contribution in [-0.2, 0) is 25.5 Å². The van der Waals surface area contributed by atoms with E-state index >= 15 is 0 Å². The van der Waals surface area contributed by atoms with Gasteiger partial charge in [0, 0.05) is 18.2 Å². The van der Waals surface area contributed by atoms with Crippen LogP contribution in [0.25, 0.3) is 0 Å². The van der Waals surface area contributed by atoms with Crippen molar-refractivity contribution < 1.29 is 32.3 Å². The van der Waals surface area contributed by atoms with Gasteiger partial charge < -0.3 is 15.0 Å². The van der Waals surface area contributed by atoms with Crippen molar-refractivity contribution in [3.63, 3.8) is 0 Å². The van der Waals surface area contributed by atoms with Gasteiger partial charge in [0.15, 0.2) is 0 Å². The number of alkyl halides is 3. The zero-order valence-corrected chi connectivity index (χ0v) is 17.4. The van der Waals surface area contributed by atoms with Gasteiger partial charge in [0.25, 0.3) is 5.91 Å². The van der Waals surface area contributed by atoms with Crippen molar-refractivity contribution in [1.82, 2.24) is 10.2 Å². The molecule has 0 bridgehead atoms. The summed E-state index contributed by atoms with van der Waals surface area (Å²) in [5.74, 6) is -3.61. The van der Waals surface area contributed by atoms with E-state index in [2.05, 4.69) is 4.74 Å². The molecule has 6 nitrogen and oxygen atoms in total. The van der Waals surface area contributed by atoms with Gasteiger partial charge in [-0.1, -0.05) is 43.2 Å². The number of esters is 1. The fraction of sp³-hybridized carbons (Fsp3) is 0.500. The number of carbonyl (C=O) groups is 3. The molecule has 1 heterocycles. The molecule has 1 fully saturated rings. The van der Waals surface area contributed by atoms with E-state index in [9.17, 15) is 27.6 Å². The third kappa shape index (κ3) is 4.05. The maximum Gasteiger partial charge on any atom is 0.425 e. The first kappa shape index (κ1) is 22.8. The molecule has 31 heavy (non-hydrogen) atoms. The first-order chi connectivity index (χ1) is 14.6. The van der Waals surface area contributed by atoms with Crippen molar-refractivity contribution >= 4 is 17.8 Å². The number of nitrogens with zero attached hydrogens (tertiary/aromatic N) is 1. The number of amides is 2. The first-order valence-electron chi connectivity index (χ1n) is 10.2. The Kier molecular flexibility index (Phi) is 6.43. The van der Waals surface area contributed by atoms with E-state index in [1.165, 1.54) is 6.92 Å². The standard InChI is InChI=1S/C22H25F3N2O4/c1-14-18(19(29)31-2)21(22(23,24)25,20(30)27(14)16-10-6-7-11-16)26-17(28)13-12-15-8-4-3-5-9-15/h3-5,8-9,16H,6-7,10-13H2,1-2H3,(H,26,28). The van der Waals surface area contributed by atoms with Gasteiger partial charge >= 0.3 is 12.1 Å². The summed E-state index contributed by atoms with van der Waals surface area (Å²) in [7, 11) is 0.948. The van der Waals surface area contributed by atoms with Crippen LogP contribution in [0.4, 0.5) is 13.2 Å². The molecule has 1 N–H and O–H groups in total. The number of methoxy groups -OCH3 is 1. The average molecular weight is 438 g/mol. The molecule has 1 saturated carbocycles. The normalized spacial score (nSPS) is 22.2. The van der Waals surface area contributed by atoms with Crippen molar-refractivity contribution in [2.45, 2.75) is 63.2 Å². The number of aryl methyl sites for hydroxylation is 1. The third-order valence-corrected chi connectivity index (χ3v) is 5.95. The number of halogens is 3. The molecule has 168 valence electrons. The van der Waals surface area contributed by atoms with Crippen LogP contribution in [0.5, 0.6) is 0 Å². The Morgan fingerprint density at radius 1 is 1.19 bits per heavy atom. The van der Waals surface area contributed by atoms with Crippen LogP contribution in [0.3, 0.4) is 0 Å². The molecule has 1 aliphatic carbocycles. The molecule has 0 saturated heterocycles. The van der Waals surface area contributed by atoms with Crippen LogP contribution in [0, 0.1) is 0 Å². The van der Waals surface area contributed by atoms with E-state index in [4.69, 9.17) is 0 Å². The van der Waals surface area contributed by atoms with E-state index in [1.54, 1.807) is 30.3 Å². The number of hydrogen-bond acceptors (Lipinski definition) is 4. The predicted molar refractivity (Wildman–Crippen MR) is 106 cm³/mol. The van der Waals surface area contributed by atoms with E-state index < -0.39 is 41.1 Å². The molecule has 1 aromatic rings. The largest absolute Gasteiger partial charge is 0.466 e. The Balaban J connectivity index is 1.98. The lowest BCUT2D eigenvalue weighted by molar-refractivity contribution is -0.196. The maximum absolute atomic E-state index is 14.5. The number of allylic oxidation sites excluding steroid dienone is 1. The molecule has 1 unspecified atom stereocenters. The van der Waals surface area contributed by atoms with Crippen LogP contribution >= 0.6 is 0 Å². The van der Waals surface area contributed by atoms with Gasteiger partial charge in [0.1, 0.15) is 5.57 Å². The summed E-state index contributed by atoms with van der Waals surface area (Å²) in [5.41, 5.74) is -3.68. The van der Waals surface area contributed by atoms with Crippen molar-refractivity contribution in [1.29, 1.82) is 0 Å². The Hall–Kier alpha value is -2.84. The minimum Gasteiger partial charge on any atom is -0.466 e. The van der Waals surface area contributed by atoms with Gasteiger partial charge in [0.2, 0.25) is 11.4 Å². The first-order valence-corrected chi connectivity index (χ1v) is 10.2. The summed E-state index contributed by atoms with van der Waals surface area (Å²) in [5, 5.41) is 1.89. The van der Waals surface area contributed by atoms with E-state index in [1.807, 2.05) is 5.32 Å². The van der Waals surface area contributed by atoms with Gasteiger partial charge in [-0.25, -0.2) is 4.79 Å². The molecule has 0 aromatic heterocycles. The Bertz CT molecular complexity index is 892. The minimum absolute atomic E-state index is 0.121. The zero-order chi connectivity index (χ0) is 22.8. The second kappa shape index (κ2) is 8.72. The fourth-order valence-electron chi connectivity index (χ4n) is 4.46. The Labute approximate surface area is 178 Å². The lowest BCUT2D eigenvalue weighted by Gasteiger charge is -2.34. The summed E-state index contributed by atoms with van der Waals surface area (Å²) in [6.07, 6.45) is -2.69. The molecule has 0 radical (unpaired) electrons. The van der Waals surface area contributed by atoms with Crippen LogP contribution in [-0.4, -0.2) is 47.6 Å². The molecular formula is C22H25F3N2O4. The number of nitrogens with one attached hydrogen (secondary N) is 1. The number of ether oxygens (including phenoxy) is 1. The predicted octanol–water partition coefficient (Wildman–Crippen LogP) is 3.27. The number of carbonyl (C=O) groups excluding carboxylic acids is 3. The van der Waals surface area contributed by atoms with Crippen LogP contribution in [0.15, 0.2) is 41.6 Å². The summed E-state index contributed by atoms with van der Waals surface area (Å²) in [6, 6.07) is 8.35. The van der Waals surface area contributed by atoms with E-state index in [0.29, 0.717) is 12.8 Å². The second-order valence-electron chi connectivity index (χ2n) is 7.85. The van der Waals surface area contributed by atoms with Crippen LogP contribution in [0.1, 0.15) is 44.6 Å². The fourth-order valence-corrected chi connectivity index (χ4v) is 4.46. The van der Waals surface area contributed by atoms with Crippen LogP contribution in [0.2, 0.25) is 0 Å². The van der Waals surface area contributed by atoms with Gasteiger partial charge in [-0.3, -0.25) is 9.59 Å². The van der Waals surface area contributed by atoms with Crippen molar-refractivity contribution in [2.24, 2.45) is 0 Å². The number of benzene rings is 1. The molecule has 2 amide bonds. The second-order valence-corrected chi connectivity index (χ2v) is 7.85. The summed E-state index contributed by atoms with van der Waals surface area (Å²) >= 11 is 0. The Morgan fingerprint density at radius 2 is 1.81 bits per heavy atom. The quantitative estimate of drug-likeness (QED) is 0.692. The minimum atomic E-state index is -5.23. The molecule has 1 atom stereocenters. The molecule has 2 aliphatic rings. The molecule has 0 spiro atoms. The highest BCUT2D eigenvalue weighted by atomic mass is 19.4. The van der Waals surface area contributed by atoms with Gasteiger partial charge in [-0.2, -0.15) is 13.2 Å². The highest BCUT2D eigenvalue weighted by Crippen LogP contribution is 2.47. The topological polar surface area (TPSA) is 75.7 Å². The molecule has 3 rings (SSSR count). The van der Waals surface area contributed by atoms with E-state index in [-0.39, 0.29) is 18.5 Å². The molecular weight excluding hydrogens is 413 g/mol.